The smallest absolute Gasteiger partial charge is 0.0206 e. The van der Waals surface area contributed by atoms with Crippen LogP contribution in [0.1, 0.15) is 304 Å². The van der Waals surface area contributed by atoms with Crippen LogP contribution in [-0.2, 0) is 0 Å². The molecular formula is C56H108. The first-order chi connectivity index (χ1) is 27.5. The summed E-state index contributed by atoms with van der Waals surface area (Å²) in [6, 6.07) is 0. The lowest BCUT2D eigenvalue weighted by atomic mass is 9.70. The fraction of sp³-hybridized carbons (Fsp3) is 0.929. The van der Waals surface area contributed by atoms with Crippen LogP contribution in [0, 0.1) is 29.6 Å². The molecule has 4 atom stereocenters. The molecule has 0 aliphatic heterocycles. The van der Waals surface area contributed by atoms with Crippen LogP contribution in [0.2, 0.25) is 0 Å². The van der Waals surface area contributed by atoms with Gasteiger partial charge in [0.25, 0.3) is 0 Å². The summed E-state index contributed by atoms with van der Waals surface area (Å²) in [4.78, 5) is 0. The van der Waals surface area contributed by atoms with Crippen molar-refractivity contribution in [1.29, 1.82) is 0 Å². The van der Waals surface area contributed by atoms with Gasteiger partial charge in [-0.1, -0.05) is 271 Å². The number of rotatable bonds is 43. The molecule has 0 nitrogen and oxygen atoms in total. The van der Waals surface area contributed by atoms with Gasteiger partial charge >= 0.3 is 0 Å². The van der Waals surface area contributed by atoms with Crippen molar-refractivity contribution in [3.8, 4) is 0 Å². The van der Waals surface area contributed by atoms with Crippen molar-refractivity contribution in [1.82, 2.24) is 0 Å². The van der Waals surface area contributed by atoms with Crippen LogP contribution < -0.4 is 0 Å². The monoisotopic (exact) mass is 781 g/mol. The first-order valence-electron chi connectivity index (χ1n) is 26.8. The van der Waals surface area contributed by atoms with Crippen molar-refractivity contribution in [2.75, 3.05) is 0 Å². The van der Waals surface area contributed by atoms with Crippen molar-refractivity contribution in [3.63, 3.8) is 0 Å². The Balaban J connectivity index is 2.39. The van der Waals surface area contributed by atoms with E-state index in [0.29, 0.717) is 0 Å². The molecule has 332 valence electrons. The van der Waals surface area contributed by atoms with E-state index in [1.807, 2.05) is 0 Å². The molecule has 0 bridgehead atoms. The summed E-state index contributed by atoms with van der Waals surface area (Å²) in [5.41, 5.74) is 3.22. The Kier molecular flexibility index (Phi) is 38.1. The molecule has 0 N–H and O–H groups in total. The Labute approximate surface area is 356 Å². The Bertz CT molecular complexity index is 777. The molecule has 0 radical (unpaired) electrons. The van der Waals surface area contributed by atoms with Crippen LogP contribution in [0.25, 0.3) is 0 Å². The highest BCUT2D eigenvalue weighted by molar-refractivity contribution is 5.01. The van der Waals surface area contributed by atoms with Crippen LogP contribution >= 0.6 is 0 Å². The van der Waals surface area contributed by atoms with Gasteiger partial charge in [-0.3, -0.25) is 0 Å². The highest BCUT2D eigenvalue weighted by atomic mass is 14.3. The lowest BCUT2D eigenvalue weighted by molar-refractivity contribution is 0.152. The molecule has 1 saturated carbocycles. The molecular weight excluding hydrogens is 673 g/mol. The maximum atomic E-state index is 4.69. The molecule has 0 aromatic heterocycles. The minimum absolute atomic E-state index is 0.799. The van der Waals surface area contributed by atoms with Crippen molar-refractivity contribution in [2.24, 2.45) is 29.6 Å². The van der Waals surface area contributed by atoms with Crippen molar-refractivity contribution in [2.45, 2.75) is 304 Å². The molecule has 1 fully saturated rings. The van der Waals surface area contributed by atoms with Gasteiger partial charge in [-0.15, -0.1) is 0 Å². The van der Waals surface area contributed by atoms with Gasteiger partial charge in [-0.2, -0.15) is 0 Å². The maximum absolute atomic E-state index is 4.69. The predicted octanol–water partition coefficient (Wildman–Crippen LogP) is 20.7. The minimum Gasteiger partial charge on any atom is -0.0996 e. The number of allylic oxidation sites excluding steroid dienone is 2. The standard InChI is InChI=1S/C56H108/c1-8-12-16-20-26-34-45-53(43-32-18-14-10-3)50(5)40-30-24-22-28-36-47-55(56-49-39-38-42-52(56)7)48-37-29-23-25-31-41-51(6)54(44-33-19-15-11-4)46-35-27-21-17-13-9-2/h52-56H,5-6,8-49H2,1-4,7H3. The number of unbranched alkanes of at least 4 members (excludes halogenated alkanes) is 24. The van der Waals surface area contributed by atoms with Crippen molar-refractivity contribution < 1.29 is 0 Å². The molecule has 4 unspecified atom stereocenters. The van der Waals surface area contributed by atoms with E-state index in [0.717, 1.165) is 29.6 Å². The summed E-state index contributed by atoms with van der Waals surface area (Å²) in [5, 5.41) is 0. The molecule has 1 aliphatic rings. The van der Waals surface area contributed by atoms with Crippen LogP contribution in [0.15, 0.2) is 24.3 Å². The Hall–Kier alpha value is -0.520. The zero-order chi connectivity index (χ0) is 40.7. The first-order valence-corrected chi connectivity index (χ1v) is 26.8. The van der Waals surface area contributed by atoms with Gasteiger partial charge in [-0.05, 0) is 87.4 Å². The number of hydrogen-bond acceptors (Lipinski definition) is 0. The second-order valence-electron chi connectivity index (χ2n) is 19.8. The van der Waals surface area contributed by atoms with Gasteiger partial charge in [-0.25, -0.2) is 0 Å². The second-order valence-corrected chi connectivity index (χ2v) is 19.8. The van der Waals surface area contributed by atoms with Gasteiger partial charge in [0.2, 0.25) is 0 Å². The highest BCUT2D eigenvalue weighted by Crippen LogP contribution is 2.40. The molecule has 0 aromatic carbocycles. The maximum Gasteiger partial charge on any atom is -0.0206 e. The second kappa shape index (κ2) is 39.9. The van der Waals surface area contributed by atoms with E-state index in [4.69, 9.17) is 13.2 Å². The average molecular weight is 781 g/mol. The summed E-state index contributed by atoms with van der Waals surface area (Å²) in [5.74, 6) is 4.57. The first kappa shape index (κ1) is 53.5. The van der Waals surface area contributed by atoms with E-state index in [1.54, 1.807) is 11.1 Å². The quantitative estimate of drug-likeness (QED) is 0.0427. The summed E-state index contributed by atoms with van der Waals surface area (Å²) in [7, 11) is 0. The van der Waals surface area contributed by atoms with Crippen molar-refractivity contribution in [3.05, 3.63) is 24.3 Å². The topological polar surface area (TPSA) is 0 Å². The minimum atomic E-state index is 0.799. The fourth-order valence-corrected chi connectivity index (χ4v) is 10.7. The number of hydrogen-bond donors (Lipinski definition) is 0. The average Bonchev–Trinajstić information content (AvgIpc) is 3.20. The van der Waals surface area contributed by atoms with Crippen LogP contribution in [0.3, 0.4) is 0 Å². The third-order valence-electron chi connectivity index (χ3n) is 14.7. The van der Waals surface area contributed by atoms with Gasteiger partial charge in [0.1, 0.15) is 0 Å². The summed E-state index contributed by atoms with van der Waals surface area (Å²) in [6.45, 7) is 21.3. The Morgan fingerprint density at radius 1 is 0.375 bits per heavy atom. The molecule has 0 saturated heterocycles. The normalized spacial score (nSPS) is 17.6. The van der Waals surface area contributed by atoms with Gasteiger partial charge in [0.15, 0.2) is 0 Å². The van der Waals surface area contributed by atoms with Crippen LogP contribution in [0.4, 0.5) is 0 Å². The molecule has 0 spiro atoms. The predicted molar refractivity (Wildman–Crippen MR) is 258 cm³/mol. The fourth-order valence-electron chi connectivity index (χ4n) is 10.7. The molecule has 1 aliphatic carbocycles. The van der Waals surface area contributed by atoms with Crippen molar-refractivity contribution >= 4 is 0 Å². The zero-order valence-electron chi connectivity index (χ0n) is 40.0. The molecule has 0 amide bonds. The van der Waals surface area contributed by atoms with E-state index in [2.05, 4.69) is 34.6 Å². The van der Waals surface area contributed by atoms with E-state index >= 15 is 0 Å². The largest absolute Gasteiger partial charge is 0.0996 e. The zero-order valence-corrected chi connectivity index (χ0v) is 40.0. The molecule has 0 aromatic rings. The molecule has 56 heavy (non-hydrogen) atoms. The summed E-state index contributed by atoms with van der Waals surface area (Å²) >= 11 is 0. The van der Waals surface area contributed by atoms with E-state index in [1.165, 1.54) is 270 Å². The Morgan fingerprint density at radius 3 is 1.02 bits per heavy atom. The van der Waals surface area contributed by atoms with Gasteiger partial charge in [0, 0.05) is 0 Å². The van der Waals surface area contributed by atoms with E-state index in [9.17, 15) is 0 Å². The van der Waals surface area contributed by atoms with Crippen LogP contribution in [0.5, 0.6) is 0 Å². The van der Waals surface area contributed by atoms with Gasteiger partial charge < -0.3 is 0 Å². The molecule has 0 heteroatoms. The highest BCUT2D eigenvalue weighted by Gasteiger charge is 2.28. The van der Waals surface area contributed by atoms with E-state index < -0.39 is 0 Å². The SMILES string of the molecule is C=C(CCCCCCCC(CCCCCCCC(=C)C(CCCCCC)CCCCCCCC)C1CCCCC1C)C(CCCCCC)CCCCCCCC. The van der Waals surface area contributed by atoms with Gasteiger partial charge in [0.05, 0.1) is 0 Å². The molecule has 1 rings (SSSR count). The Morgan fingerprint density at radius 2 is 0.661 bits per heavy atom. The summed E-state index contributed by atoms with van der Waals surface area (Å²) in [6.07, 6.45) is 59.9. The lowest BCUT2D eigenvalue weighted by Crippen LogP contribution is -2.25. The lowest BCUT2D eigenvalue weighted by Gasteiger charge is -2.36. The third kappa shape index (κ3) is 29.7. The third-order valence-corrected chi connectivity index (χ3v) is 14.7. The summed E-state index contributed by atoms with van der Waals surface area (Å²) < 4.78 is 0. The van der Waals surface area contributed by atoms with Crippen LogP contribution in [-0.4, -0.2) is 0 Å². The molecule has 0 heterocycles. The van der Waals surface area contributed by atoms with E-state index in [-0.39, 0.29) is 0 Å².